The first-order valence-electron chi connectivity index (χ1n) is 6.24. The molecule has 1 unspecified atom stereocenters. The van der Waals surface area contributed by atoms with Gasteiger partial charge in [-0.05, 0) is 38.1 Å². The highest BCUT2D eigenvalue weighted by Gasteiger charge is 2.26. The molecule has 1 atom stereocenters. The quantitative estimate of drug-likeness (QED) is 0.764. The predicted octanol–water partition coefficient (Wildman–Crippen LogP) is 0.756. The van der Waals surface area contributed by atoms with Crippen LogP contribution in [0.2, 0.25) is 0 Å². The Balaban J connectivity index is 2.12. The van der Waals surface area contributed by atoms with E-state index in [4.69, 9.17) is 0 Å². The molecule has 2 rings (SSSR count). The molecular formula is C13H17N5O2. The van der Waals surface area contributed by atoms with Gasteiger partial charge in [-0.2, -0.15) is 5.21 Å². The number of tetrazole rings is 1. The molecule has 1 aromatic heterocycles. The second-order valence-corrected chi connectivity index (χ2v) is 5.16. The van der Waals surface area contributed by atoms with Crippen LogP contribution in [0, 0.1) is 0 Å². The number of H-pyrrole nitrogens is 1. The van der Waals surface area contributed by atoms with Crippen LogP contribution >= 0.6 is 0 Å². The number of carbonyl (C=O) groups excluding carboxylic acids is 1. The lowest BCUT2D eigenvalue weighted by molar-refractivity contribution is 0.0709. The fraction of sp³-hybridized carbons (Fsp3) is 0.385. The van der Waals surface area contributed by atoms with Gasteiger partial charge in [0.1, 0.15) is 0 Å². The second kappa shape index (κ2) is 5.38. The van der Waals surface area contributed by atoms with Crippen LogP contribution in [0.25, 0.3) is 11.4 Å². The number of aliphatic hydroxyl groups excluding tert-OH is 1. The first-order valence-corrected chi connectivity index (χ1v) is 6.24. The number of aromatic amines is 1. The van der Waals surface area contributed by atoms with Crippen LogP contribution in [0.5, 0.6) is 0 Å². The summed E-state index contributed by atoms with van der Waals surface area (Å²) in [5, 5.41) is 26.0. The van der Waals surface area contributed by atoms with Gasteiger partial charge >= 0.3 is 0 Å². The van der Waals surface area contributed by atoms with Crippen LogP contribution in [-0.4, -0.2) is 43.3 Å². The summed E-state index contributed by atoms with van der Waals surface area (Å²) in [6.07, 6.45) is -0.648. The maximum Gasteiger partial charge on any atom is 0.251 e. The number of hydrogen-bond acceptors (Lipinski definition) is 5. The van der Waals surface area contributed by atoms with Gasteiger partial charge < -0.3 is 10.4 Å². The Bertz CT molecular complexity index is 575. The fourth-order valence-electron chi connectivity index (χ4n) is 1.52. The number of hydrogen-bond donors (Lipinski definition) is 3. The van der Waals surface area contributed by atoms with Crippen molar-refractivity contribution in [2.45, 2.75) is 32.4 Å². The summed E-state index contributed by atoms with van der Waals surface area (Å²) in [5.41, 5.74) is 0.583. The standard InChI is InChI=1S/C13H17N5O2/c1-8(19)13(2,3)14-12(20)10-6-4-9(5-7-10)11-15-17-18-16-11/h4-8,19H,1-3H3,(H,14,20)(H,15,16,17,18). The van der Waals surface area contributed by atoms with E-state index in [1.165, 1.54) is 0 Å². The molecule has 0 bridgehead atoms. The van der Waals surface area contributed by atoms with Crippen molar-refractivity contribution in [1.29, 1.82) is 0 Å². The highest BCUT2D eigenvalue weighted by molar-refractivity contribution is 5.95. The number of carbonyl (C=O) groups is 1. The Labute approximate surface area is 116 Å². The third-order valence-electron chi connectivity index (χ3n) is 3.23. The number of aromatic nitrogens is 4. The molecule has 0 aliphatic heterocycles. The van der Waals surface area contributed by atoms with Crippen molar-refractivity contribution in [3.63, 3.8) is 0 Å². The lowest BCUT2D eigenvalue weighted by Crippen LogP contribution is -2.50. The molecule has 3 N–H and O–H groups in total. The first-order chi connectivity index (χ1) is 9.40. The summed E-state index contributed by atoms with van der Waals surface area (Å²) < 4.78 is 0. The molecule has 0 aliphatic carbocycles. The largest absolute Gasteiger partial charge is 0.391 e. The molecule has 7 heteroatoms. The van der Waals surface area contributed by atoms with Crippen LogP contribution in [0.4, 0.5) is 0 Å². The molecule has 1 amide bonds. The van der Waals surface area contributed by atoms with E-state index in [0.29, 0.717) is 11.4 Å². The monoisotopic (exact) mass is 275 g/mol. The maximum absolute atomic E-state index is 12.1. The van der Waals surface area contributed by atoms with E-state index in [1.807, 2.05) is 0 Å². The highest BCUT2D eigenvalue weighted by atomic mass is 16.3. The molecule has 2 aromatic rings. The van der Waals surface area contributed by atoms with Crippen molar-refractivity contribution in [2.24, 2.45) is 0 Å². The van der Waals surface area contributed by atoms with Crippen LogP contribution in [0.15, 0.2) is 24.3 Å². The Morgan fingerprint density at radius 1 is 1.35 bits per heavy atom. The number of rotatable bonds is 4. The van der Waals surface area contributed by atoms with Gasteiger partial charge in [0.15, 0.2) is 0 Å². The molecule has 0 fully saturated rings. The smallest absolute Gasteiger partial charge is 0.251 e. The predicted molar refractivity (Wildman–Crippen MR) is 72.8 cm³/mol. The van der Waals surface area contributed by atoms with Gasteiger partial charge in [0.2, 0.25) is 5.82 Å². The Morgan fingerprint density at radius 3 is 2.50 bits per heavy atom. The number of aliphatic hydroxyl groups is 1. The number of nitrogens with zero attached hydrogens (tertiary/aromatic N) is 3. The van der Waals surface area contributed by atoms with Crippen molar-refractivity contribution in [3.05, 3.63) is 29.8 Å². The van der Waals surface area contributed by atoms with Gasteiger partial charge in [-0.25, -0.2) is 0 Å². The summed E-state index contributed by atoms with van der Waals surface area (Å²) in [6.45, 7) is 5.17. The molecule has 1 heterocycles. The minimum absolute atomic E-state index is 0.240. The first kappa shape index (κ1) is 14.1. The highest BCUT2D eigenvalue weighted by Crippen LogP contribution is 2.15. The summed E-state index contributed by atoms with van der Waals surface area (Å²) in [4.78, 5) is 12.1. The zero-order valence-electron chi connectivity index (χ0n) is 11.6. The van der Waals surface area contributed by atoms with Crippen molar-refractivity contribution < 1.29 is 9.90 Å². The normalized spacial score (nSPS) is 13.0. The summed E-state index contributed by atoms with van der Waals surface area (Å²) in [7, 11) is 0. The van der Waals surface area contributed by atoms with Crippen molar-refractivity contribution in [2.75, 3.05) is 0 Å². The SMILES string of the molecule is CC(O)C(C)(C)NC(=O)c1ccc(-c2nn[nH]n2)cc1. The molecule has 0 saturated heterocycles. The molecule has 0 spiro atoms. The molecule has 0 saturated carbocycles. The van der Waals surface area contributed by atoms with E-state index in [9.17, 15) is 9.90 Å². The number of benzene rings is 1. The average Bonchev–Trinajstić information content (AvgIpc) is 2.92. The second-order valence-electron chi connectivity index (χ2n) is 5.16. The summed E-state index contributed by atoms with van der Waals surface area (Å²) in [6, 6.07) is 6.85. The lowest BCUT2D eigenvalue weighted by Gasteiger charge is -2.29. The lowest BCUT2D eigenvalue weighted by atomic mass is 9.98. The van der Waals surface area contributed by atoms with Crippen LogP contribution in [-0.2, 0) is 0 Å². The van der Waals surface area contributed by atoms with Gasteiger partial charge in [-0.3, -0.25) is 4.79 Å². The summed E-state index contributed by atoms with van der Waals surface area (Å²) in [5.74, 6) is 0.233. The van der Waals surface area contributed by atoms with E-state index in [1.54, 1.807) is 45.0 Å². The molecule has 0 radical (unpaired) electrons. The molecule has 1 aromatic carbocycles. The van der Waals surface area contributed by atoms with Gasteiger partial charge in [0.05, 0.1) is 11.6 Å². The molecule has 7 nitrogen and oxygen atoms in total. The third-order valence-corrected chi connectivity index (χ3v) is 3.23. The average molecular weight is 275 g/mol. The van der Waals surface area contributed by atoms with Crippen LogP contribution in [0.1, 0.15) is 31.1 Å². The fourth-order valence-corrected chi connectivity index (χ4v) is 1.52. The summed E-state index contributed by atoms with van der Waals surface area (Å²) >= 11 is 0. The topological polar surface area (TPSA) is 104 Å². The van der Waals surface area contributed by atoms with Gasteiger partial charge in [0, 0.05) is 11.1 Å². The molecular weight excluding hydrogens is 258 g/mol. The molecule has 20 heavy (non-hydrogen) atoms. The van der Waals surface area contributed by atoms with E-state index in [0.717, 1.165) is 5.56 Å². The van der Waals surface area contributed by atoms with Crippen molar-refractivity contribution in [1.82, 2.24) is 25.9 Å². The van der Waals surface area contributed by atoms with E-state index in [2.05, 4.69) is 25.9 Å². The van der Waals surface area contributed by atoms with Gasteiger partial charge in [-0.1, -0.05) is 12.1 Å². The zero-order chi connectivity index (χ0) is 14.8. The zero-order valence-corrected chi connectivity index (χ0v) is 11.6. The van der Waals surface area contributed by atoms with E-state index in [-0.39, 0.29) is 5.91 Å². The Morgan fingerprint density at radius 2 is 2.00 bits per heavy atom. The number of amides is 1. The van der Waals surface area contributed by atoms with E-state index >= 15 is 0 Å². The van der Waals surface area contributed by atoms with E-state index < -0.39 is 11.6 Å². The van der Waals surface area contributed by atoms with Crippen molar-refractivity contribution in [3.8, 4) is 11.4 Å². The van der Waals surface area contributed by atoms with Gasteiger partial charge in [-0.15, -0.1) is 10.2 Å². The maximum atomic E-state index is 12.1. The molecule has 0 aliphatic rings. The third kappa shape index (κ3) is 3.00. The minimum atomic E-state index is -0.691. The Kier molecular flexibility index (Phi) is 3.80. The Hall–Kier alpha value is -2.28. The van der Waals surface area contributed by atoms with Crippen LogP contribution in [0.3, 0.4) is 0 Å². The number of nitrogens with one attached hydrogen (secondary N) is 2. The van der Waals surface area contributed by atoms with Crippen LogP contribution < -0.4 is 5.32 Å². The van der Waals surface area contributed by atoms with Crippen molar-refractivity contribution >= 4 is 5.91 Å². The minimum Gasteiger partial charge on any atom is -0.391 e. The molecule has 106 valence electrons. The van der Waals surface area contributed by atoms with Gasteiger partial charge in [0.25, 0.3) is 5.91 Å².